The van der Waals surface area contributed by atoms with Crippen LogP contribution in [-0.2, 0) is 0 Å². The summed E-state index contributed by atoms with van der Waals surface area (Å²) in [7, 11) is 0. The molecule has 11 rings (SSSR count). The van der Waals surface area contributed by atoms with Crippen LogP contribution in [0.4, 0.5) is 28.4 Å². The average molecular weight is 833 g/mol. The first-order valence-corrected chi connectivity index (χ1v) is 22.0. The van der Waals surface area contributed by atoms with E-state index in [0.29, 0.717) is 0 Å². The van der Waals surface area contributed by atoms with Crippen LogP contribution in [0, 0.1) is 0 Å². The summed E-state index contributed by atoms with van der Waals surface area (Å²) in [6.45, 7) is 3.89. The lowest BCUT2D eigenvalue weighted by molar-refractivity contribution is 0.670. The van der Waals surface area contributed by atoms with Gasteiger partial charge in [0, 0.05) is 44.8 Å². The van der Waals surface area contributed by atoms with Gasteiger partial charge in [0.15, 0.2) is 0 Å². The van der Waals surface area contributed by atoms with Gasteiger partial charge in [0.05, 0.1) is 0 Å². The zero-order chi connectivity index (χ0) is 43.5. The predicted molar refractivity (Wildman–Crippen MR) is 275 cm³/mol. The Labute approximate surface area is 379 Å². The molecule has 10 aromatic carbocycles. The molecule has 0 aliphatic rings. The van der Waals surface area contributed by atoms with E-state index in [2.05, 4.69) is 241 Å². The van der Waals surface area contributed by atoms with E-state index >= 15 is 0 Å². The normalized spacial score (nSPS) is 11.1. The van der Waals surface area contributed by atoms with Gasteiger partial charge in [-0.3, -0.25) is 0 Å². The molecule has 3 heteroatoms. The molecule has 0 aliphatic carbocycles. The Kier molecular flexibility index (Phi) is 10.4. The van der Waals surface area contributed by atoms with E-state index < -0.39 is 0 Å². The second kappa shape index (κ2) is 17.2. The maximum absolute atomic E-state index is 6.42. The van der Waals surface area contributed by atoms with E-state index in [1.165, 1.54) is 27.8 Å². The van der Waals surface area contributed by atoms with Gasteiger partial charge in [-0.2, -0.15) is 0 Å². The minimum Gasteiger partial charge on any atom is -0.455 e. The number of fused-ring (bicyclic) bond motifs is 3. The molecule has 308 valence electrons. The molecular weight excluding hydrogens is 789 g/mol. The van der Waals surface area contributed by atoms with E-state index in [0.717, 1.165) is 83.8 Å². The lowest BCUT2D eigenvalue weighted by atomic mass is 9.99. The third-order valence-electron chi connectivity index (χ3n) is 12.3. The molecule has 1 aromatic heterocycles. The number of hydrogen-bond acceptors (Lipinski definition) is 3. The summed E-state index contributed by atoms with van der Waals surface area (Å²) >= 11 is 0. The standard InChI is InChI=1S/C62H44N2O/c1-2-43-15-17-45(18-16-43)46-19-21-47(22-20-46)50-27-37-55(38-28-50)64(57-41-31-52(32-42-57)58-12-8-13-60-59-11-6-7-14-61(59)65-62(58)60)56-39-29-51(30-40-56)49-25-35-54(36-26-49)63-53-33-23-48(24-34-53)44-9-4-3-5-10-44/h2-42,63H,1H2. The Hall–Kier alpha value is -8.66. The van der Waals surface area contributed by atoms with Crippen molar-refractivity contribution in [1.29, 1.82) is 0 Å². The van der Waals surface area contributed by atoms with Crippen LogP contribution in [-0.4, -0.2) is 0 Å². The average Bonchev–Trinajstić information content (AvgIpc) is 3.77. The summed E-state index contributed by atoms with van der Waals surface area (Å²) in [5, 5.41) is 5.82. The van der Waals surface area contributed by atoms with Crippen molar-refractivity contribution in [3.05, 3.63) is 255 Å². The summed E-state index contributed by atoms with van der Waals surface area (Å²) in [6, 6.07) is 86.2. The molecule has 3 nitrogen and oxygen atoms in total. The molecule has 65 heavy (non-hydrogen) atoms. The van der Waals surface area contributed by atoms with Crippen molar-refractivity contribution in [2.24, 2.45) is 0 Å². The van der Waals surface area contributed by atoms with Crippen molar-refractivity contribution in [1.82, 2.24) is 0 Å². The van der Waals surface area contributed by atoms with E-state index in [4.69, 9.17) is 4.42 Å². The van der Waals surface area contributed by atoms with Crippen molar-refractivity contribution in [3.8, 4) is 55.6 Å². The highest BCUT2D eigenvalue weighted by molar-refractivity contribution is 6.09. The van der Waals surface area contributed by atoms with Gasteiger partial charge in [0.1, 0.15) is 11.2 Å². The third kappa shape index (κ3) is 7.99. The van der Waals surface area contributed by atoms with Gasteiger partial charge in [0.25, 0.3) is 0 Å². The van der Waals surface area contributed by atoms with Crippen LogP contribution < -0.4 is 10.2 Å². The van der Waals surface area contributed by atoms with Gasteiger partial charge in [-0.05, 0) is 122 Å². The summed E-state index contributed by atoms with van der Waals surface area (Å²) in [4.78, 5) is 2.32. The SMILES string of the molecule is C=Cc1ccc(-c2ccc(-c3ccc(N(c4ccc(-c5ccc(Nc6ccc(-c7ccccc7)cc6)cc5)cc4)c4ccc(-c5cccc6c5oc5ccccc56)cc4)cc3)cc2)cc1. The maximum atomic E-state index is 6.42. The molecule has 0 atom stereocenters. The molecule has 0 amide bonds. The number of benzene rings is 10. The molecule has 0 saturated carbocycles. The van der Waals surface area contributed by atoms with Gasteiger partial charge >= 0.3 is 0 Å². The minimum absolute atomic E-state index is 0.900. The quantitative estimate of drug-likeness (QED) is 0.141. The summed E-state index contributed by atoms with van der Waals surface area (Å²) in [5.41, 5.74) is 19.8. The molecule has 0 unspecified atom stereocenters. The number of hydrogen-bond donors (Lipinski definition) is 1. The van der Waals surface area contributed by atoms with Gasteiger partial charge in [-0.25, -0.2) is 0 Å². The number of anilines is 5. The van der Waals surface area contributed by atoms with E-state index in [-0.39, 0.29) is 0 Å². The van der Waals surface area contributed by atoms with Gasteiger partial charge in [-0.1, -0.05) is 189 Å². The van der Waals surface area contributed by atoms with E-state index in [1.807, 2.05) is 24.3 Å². The Morgan fingerprint density at radius 3 is 1.22 bits per heavy atom. The van der Waals surface area contributed by atoms with Crippen LogP contribution in [0.5, 0.6) is 0 Å². The first-order chi connectivity index (χ1) is 32.1. The van der Waals surface area contributed by atoms with Crippen molar-refractivity contribution in [3.63, 3.8) is 0 Å². The Bertz CT molecular complexity index is 3390. The molecule has 0 radical (unpaired) electrons. The lowest BCUT2D eigenvalue weighted by Gasteiger charge is -2.26. The molecule has 0 saturated heterocycles. The number of nitrogens with one attached hydrogen (secondary N) is 1. The summed E-state index contributed by atoms with van der Waals surface area (Å²) < 4.78 is 6.42. The van der Waals surface area contributed by atoms with Crippen LogP contribution in [0.25, 0.3) is 83.6 Å². The number of nitrogens with zero attached hydrogens (tertiary/aromatic N) is 1. The highest BCUT2D eigenvalue weighted by Gasteiger charge is 2.16. The maximum Gasteiger partial charge on any atom is 0.143 e. The Morgan fingerprint density at radius 2 is 0.723 bits per heavy atom. The second-order valence-corrected chi connectivity index (χ2v) is 16.3. The lowest BCUT2D eigenvalue weighted by Crippen LogP contribution is -2.09. The highest BCUT2D eigenvalue weighted by atomic mass is 16.3. The topological polar surface area (TPSA) is 28.4 Å². The first kappa shape index (κ1) is 39.2. The molecule has 0 bridgehead atoms. The fourth-order valence-corrected chi connectivity index (χ4v) is 8.77. The fraction of sp³-hybridized carbons (Fsp3) is 0. The molecule has 1 N–H and O–H groups in total. The zero-order valence-corrected chi connectivity index (χ0v) is 35.7. The van der Waals surface area contributed by atoms with Crippen LogP contribution in [0.2, 0.25) is 0 Å². The summed E-state index contributed by atoms with van der Waals surface area (Å²) in [6.07, 6.45) is 1.87. The highest BCUT2D eigenvalue weighted by Crippen LogP contribution is 2.40. The third-order valence-corrected chi connectivity index (χ3v) is 12.3. The Morgan fingerprint density at radius 1 is 0.338 bits per heavy atom. The Balaban J connectivity index is 0.876. The largest absolute Gasteiger partial charge is 0.455 e. The van der Waals surface area contributed by atoms with Gasteiger partial charge in [-0.15, -0.1) is 0 Å². The fourth-order valence-electron chi connectivity index (χ4n) is 8.77. The first-order valence-electron chi connectivity index (χ1n) is 22.0. The van der Waals surface area contributed by atoms with Crippen LogP contribution in [0.1, 0.15) is 5.56 Å². The van der Waals surface area contributed by atoms with Crippen molar-refractivity contribution >= 4 is 56.5 Å². The zero-order valence-electron chi connectivity index (χ0n) is 35.7. The van der Waals surface area contributed by atoms with Crippen LogP contribution in [0.3, 0.4) is 0 Å². The van der Waals surface area contributed by atoms with Crippen molar-refractivity contribution in [2.45, 2.75) is 0 Å². The predicted octanol–water partition coefficient (Wildman–Crippen LogP) is 17.8. The molecular formula is C62H44N2O. The van der Waals surface area contributed by atoms with E-state index in [9.17, 15) is 0 Å². The van der Waals surface area contributed by atoms with E-state index in [1.54, 1.807) is 0 Å². The number of para-hydroxylation sites is 2. The number of furan rings is 1. The monoisotopic (exact) mass is 832 g/mol. The second-order valence-electron chi connectivity index (χ2n) is 16.3. The smallest absolute Gasteiger partial charge is 0.143 e. The molecule has 0 fully saturated rings. The molecule has 11 aromatic rings. The molecule has 0 spiro atoms. The molecule has 1 heterocycles. The minimum atomic E-state index is 0.900. The van der Waals surface area contributed by atoms with Crippen molar-refractivity contribution in [2.75, 3.05) is 10.2 Å². The van der Waals surface area contributed by atoms with Crippen LogP contribution in [0.15, 0.2) is 254 Å². The van der Waals surface area contributed by atoms with Crippen molar-refractivity contribution < 1.29 is 4.42 Å². The van der Waals surface area contributed by atoms with Gasteiger partial charge in [0.2, 0.25) is 0 Å². The summed E-state index contributed by atoms with van der Waals surface area (Å²) in [5.74, 6) is 0. The molecule has 0 aliphatic heterocycles. The van der Waals surface area contributed by atoms with Crippen LogP contribution >= 0.6 is 0 Å². The number of rotatable bonds is 11. The van der Waals surface area contributed by atoms with Gasteiger partial charge < -0.3 is 14.6 Å².